The molecule has 0 saturated carbocycles. The van der Waals surface area contributed by atoms with Gasteiger partial charge < -0.3 is 5.32 Å². The number of fused-ring (bicyclic) bond motifs is 1. The molecule has 2 heterocycles. The van der Waals surface area contributed by atoms with Gasteiger partial charge >= 0.3 is 0 Å². The van der Waals surface area contributed by atoms with Crippen LogP contribution in [0.25, 0.3) is 10.9 Å². The highest BCUT2D eigenvalue weighted by Gasteiger charge is 2.05. The molecule has 0 aliphatic heterocycles. The number of hydrogen-bond acceptors (Lipinski definition) is 3. The van der Waals surface area contributed by atoms with Crippen LogP contribution in [-0.2, 0) is 13.1 Å². The standard InChI is InChI=1S/C15H13ClN2S/c16-14-6-5-11(15-13(14)4-1-7-18-15)9-17-10-12-3-2-8-19-12/h1-8,17H,9-10H2. The summed E-state index contributed by atoms with van der Waals surface area (Å²) in [6.45, 7) is 1.68. The topological polar surface area (TPSA) is 24.9 Å². The monoisotopic (exact) mass is 288 g/mol. The van der Waals surface area contributed by atoms with E-state index in [1.54, 1.807) is 17.5 Å². The van der Waals surface area contributed by atoms with Gasteiger partial charge in [0.15, 0.2) is 0 Å². The second-order valence-corrected chi connectivity index (χ2v) is 5.73. The van der Waals surface area contributed by atoms with Crippen molar-refractivity contribution in [2.75, 3.05) is 0 Å². The van der Waals surface area contributed by atoms with Gasteiger partial charge in [0.2, 0.25) is 0 Å². The summed E-state index contributed by atoms with van der Waals surface area (Å²) in [4.78, 5) is 5.77. The number of nitrogens with one attached hydrogen (secondary N) is 1. The Hall–Kier alpha value is -1.42. The third kappa shape index (κ3) is 2.78. The maximum atomic E-state index is 6.19. The predicted molar refractivity (Wildman–Crippen MR) is 81.6 cm³/mol. The SMILES string of the molecule is Clc1ccc(CNCc2cccs2)c2ncccc12. The average molecular weight is 289 g/mol. The average Bonchev–Trinajstić information content (AvgIpc) is 2.95. The minimum Gasteiger partial charge on any atom is -0.308 e. The Bertz CT molecular complexity index is 680. The summed E-state index contributed by atoms with van der Waals surface area (Å²) >= 11 is 7.95. The van der Waals surface area contributed by atoms with Gasteiger partial charge in [0, 0.05) is 34.6 Å². The summed E-state index contributed by atoms with van der Waals surface area (Å²) in [5.74, 6) is 0. The fourth-order valence-electron chi connectivity index (χ4n) is 2.07. The summed E-state index contributed by atoms with van der Waals surface area (Å²) in [5, 5.41) is 7.30. The van der Waals surface area contributed by atoms with Crippen LogP contribution in [-0.4, -0.2) is 4.98 Å². The molecule has 0 atom stereocenters. The molecule has 4 heteroatoms. The van der Waals surface area contributed by atoms with Crippen LogP contribution in [0, 0.1) is 0 Å². The fraction of sp³-hybridized carbons (Fsp3) is 0.133. The highest BCUT2D eigenvalue weighted by molar-refractivity contribution is 7.09. The summed E-state index contributed by atoms with van der Waals surface area (Å²) in [6.07, 6.45) is 1.81. The number of rotatable bonds is 4. The van der Waals surface area contributed by atoms with E-state index in [1.807, 2.05) is 24.3 Å². The second kappa shape index (κ2) is 5.70. The first-order chi connectivity index (χ1) is 9.34. The van der Waals surface area contributed by atoms with Crippen LogP contribution in [0.2, 0.25) is 5.02 Å². The molecule has 2 nitrogen and oxygen atoms in total. The highest BCUT2D eigenvalue weighted by atomic mass is 35.5. The van der Waals surface area contributed by atoms with E-state index in [0.717, 1.165) is 29.0 Å². The Morgan fingerprint density at radius 1 is 1.11 bits per heavy atom. The van der Waals surface area contributed by atoms with Gasteiger partial charge in [-0.05, 0) is 35.2 Å². The molecule has 1 aromatic carbocycles. The number of benzene rings is 1. The normalized spacial score (nSPS) is 11.0. The maximum absolute atomic E-state index is 6.19. The Morgan fingerprint density at radius 2 is 2.05 bits per heavy atom. The summed E-state index contributed by atoms with van der Waals surface area (Å²) in [7, 11) is 0. The van der Waals surface area contributed by atoms with Crippen LogP contribution in [0.1, 0.15) is 10.4 Å². The molecule has 0 spiro atoms. The van der Waals surface area contributed by atoms with Crippen LogP contribution < -0.4 is 5.32 Å². The smallest absolute Gasteiger partial charge is 0.0761 e. The molecule has 0 amide bonds. The molecular weight excluding hydrogens is 276 g/mol. The lowest BCUT2D eigenvalue weighted by Gasteiger charge is -2.08. The highest BCUT2D eigenvalue weighted by Crippen LogP contribution is 2.24. The fourth-order valence-corrected chi connectivity index (χ4v) is 2.96. The molecule has 3 aromatic rings. The van der Waals surface area contributed by atoms with Crippen molar-refractivity contribution >= 4 is 33.8 Å². The summed E-state index contributed by atoms with van der Waals surface area (Å²) in [6, 6.07) is 12.1. The molecule has 3 rings (SSSR count). The van der Waals surface area contributed by atoms with E-state index in [2.05, 4.69) is 27.8 Å². The summed E-state index contributed by atoms with van der Waals surface area (Å²) in [5.41, 5.74) is 2.16. The zero-order valence-electron chi connectivity index (χ0n) is 10.3. The van der Waals surface area contributed by atoms with Crippen LogP contribution >= 0.6 is 22.9 Å². The van der Waals surface area contributed by atoms with Gasteiger partial charge in [-0.1, -0.05) is 23.7 Å². The number of halogens is 1. The third-order valence-corrected chi connectivity index (χ3v) is 4.20. The molecule has 0 aliphatic rings. The van der Waals surface area contributed by atoms with E-state index in [4.69, 9.17) is 11.6 Å². The third-order valence-electron chi connectivity index (χ3n) is 2.99. The van der Waals surface area contributed by atoms with Crippen molar-refractivity contribution in [3.05, 3.63) is 63.4 Å². The lowest BCUT2D eigenvalue weighted by molar-refractivity contribution is 0.703. The Labute approximate surface area is 121 Å². The zero-order valence-corrected chi connectivity index (χ0v) is 11.8. The first-order valence-corrected chi connectivity index (χ1v) is 7.35. The van der Waals surface area contributed by atoms with E-state index in [9.17, 15) is 0 Å². The Kier molecular flexibility index (Phi) is 3.78. The minimum absolute atomic E-state index is 0.755. The van der Waals surface area contributed by atoms with Gasteiger partial charge in [0.05, 0.1) is 5.52 Å². The van der Waals surface area contributed by atoms with Crippen molar-refractivity contribution in [1.82, 2.24) is 10.3 Å². The Balaban J connectivity index is 1.79. The molecule has 0 aliphatic carbocycles. The number of nitrogens with zero attached hydrogens (tertiary/aromatic N) is 1. The lowest BCUT2D eigenvalue weighted by atomic mass is 10.1. The quantitative estimate of drug-likeness (QED) is 0.777. The second-order valence-electron chi connectivity index (χ2n) is 4.29. The van der Waals surface area contributed by atoms with Crippen LogP contribution in [0.3, 0.4) is 0 Å². The van der Waals surface area contributed by atoms with Gasteiger partial charge in [-0.15, -0.1) is 11.3 Å². The lowest BCUT2D eigenvalue weighted by Crippen LogP contribution is -2.12. The van der Waals surface area contributed by atoms with Crippen molar-refractivity contribution in [3.63, 3.8) is 0 Å². The van der Waals surface area contributed by atoms with E-state index in [-0.39, 0.29) is 0 Å². The molecular formula is C15H13ClN2S. The van der Waals surface area contributed by atoms with Crippen molar-refractivity contribution in [2.45, 2.75) is 13.1 Å². The molecule has 0 saturated heterocycles. The molecule has 0 unspecified atom stereocenters. The van der Waals surface area contributed by atoms with Gasteiger partial charge in [0.1, 0.15) is 0 Å². The first-order valence-electron chi connectivity index (χ1n) is 6.10. The molecule has 2 aromatic heterocycles. The van der Waals surface area contributed by atoms with E-state index in [0.29, 0.717) is 0 Å². The minimum atomic E-state index is 0.755. The Morgan fingerprint density at radius 3 is 2.89 bits per heavy atom. The predicted octanol–water partition coefficient (Wildman–Crippen LogP) is 4.24. The van der Waals surface area contributed by atoms with E-state index >= 15 is 0 Å². The molecule has 0 bridgehead atoms. The molecule has 96 valence electrons. The number of thiophene rings is 1. The maximum Gasteiger partial charge on any atom is 0.0761 e. The van der Waals surface area contributed by atoms with Crippen molar-refractivity contribution in [1.29, 1.82) is 0 Å². The van der Waals surface area contributed by atoms with Crippen molar-refractivity contribution in [2.24, 2.45) is 0 Å². The van der Waals surface area contributed by atoms with Gasteiger partial charge in [-0.2, -0.15) is 0 Å². The molecule has 0 radical (unpaired) electrons. The van der Waals surface area contributed by atoms with Gasteiger partial charge in [0.25, 0.3) is 0 Å². The zero-order chi connectivity index (χ0) is 13.1. The molecule has 1 N–H and O–H groups in total. The van der Waals surface area contributed by atoms with Crippen molar-refractivity contribution in [3.8, 4) is 0 Å². The molecule has 0 fully saturated rings. The van der Waals surface area contributed by atoms with Crippen LogP contribution in [0.4, 0.5) is 0 Å². The van der Waals surface area contributed by atoms with Crippen LogP contribution in [0.15, 0.2) is 48.0 Å². The van der Waals surface area contributed by atoms with Crippen molar-refractivity contribution < 1.29 is 0 Å². The number of aromatic nitrogens is 1. The number of hydrogen-bond donors (Lipinski definition) is 1. The van der Waals surface area contributed by atoms with Gasteiger partial charge in [-0.25, -0.2) is 0 Å². The van der Waals surface area contributed by atoms with E-state index < -0.39 is 0 Å². The number of pyridine rings is 1. The molecule has 19 heavy (non-hydrogen) atoms. The van der Waals surface area contributed by atoms with E-state index in [1.165, 1.54) is 10.4 Å². The summed E-state index contributed by atoms with van der Waals surface area (Å²) < 4.78 is 0. The largest absolute Gasteiger partial charge is 0.308 e. The van der Waals surface area contributed by atoms with Crippen LogP contribution in [0.5, 0.6) is 0 Å². The first kappa shape index (κ1) is 12.6. The van der Waals surface area contributed by atoms with Gasteiger partial charge in [-0.3, -0.25) is 4.98 Å².